The van der Waals surface area contributed by atoms with Crippen molar-refractivity contribution in [2.75, 3.05) is 6.66 Å². The molecule has 1 atom stereocenters. The summed E-state index contributed by atoms with van der Waals surface area (Å²) in [6, 6.07) is 8.74. The molecule has 1 aromatic rings. The summed E-state index contributed by atoms with van der Waals surface area (Å²) in [6.45, 7) is 2.23. The predicted octanol–water partition coefficient (Wildman–Crippen LogP) is 3.10. The summed E-state index contributed by atoms with van der Waals surface area (Å²) in [5.74, 6) is 0. The van der Waals surface area contributed by atoms with Crippen LogP contribution in [0.25, 0.3) is 0 Å². The monoisotopic (exact) mass is 264 g/mol. The van der Waals surface area contributed by atoms with E-state index in [1.165, 1.54) is 15.3 Å². The lowest BCUT2D eigenvalue weighted by Crippen LogP contribution is -1.77. The fourth-order valence-corrected chi connectivity index (χ4v) is 1.81. The highest BCUT2D eigenvalue weighted by Gasteiger charge is 1.88. The zero-order valence-electron chi connectivity index (χ0n) is 5.89. The molecule has 0 spiro atoms. The van der Waals surface area contributed by atoms with Crippen LogP contribution in [-0.4, -0.2) is 6.66 Å². The standard InChI is InChI=1S/C8H10IP/c1-10-6-7-2-4-8(9)5-3-7/h2-5,10H,6H2,1H3. The van der Waals surface area contributed by atoms with Gasteiger partial charge in [-0.3, -0.25) is 0 Å². The number of hydrogen-bond donors (Lipinski definition) is 0. The second-order valence-electron chi connectivity index (χ2n) is 2.16. The Morgan fingerprint density at radius 3 is 2.40 bits per heavy atom. The van der Waals surface area contributed by atoms with Gasteiger partial charge in [-0.15, -0.1) is 8.58 Å². The van der Waals surface area contributed by atoms with Crippen molar-refractivity contribution in [1.29, 1.82) is 0 Å². The van der Waals surface area contributed by atoms with E-state index in [-0.39, 0.29) is 0 Å². The van der Waals surface area contributed by atoms with Crippen molar-refractivity contribution in [1.82, 2.24) is 0 Å². The van der Waals surface area contributed by atoms with Crippen molar-refractivity contribution < 1.29 is 0 Å². The molecule has 0 heterocycles. The summed E-state index contributed by atoms with van der Waals surface area (Å²) in [5, 5.41) is 0. The summed E-state index contributed by atoms with van der Waals surface area (Å²) in [5.41, 5.74) is 1.46. The zero-order chi connectivity index (χ0) is 7.40. The average Bonchev–Trinajstić information content (AvgIpc) is 1.95. The molecule has 1 rings (SSSR count). The lowest BCUT2D eigenvalue weighted by Gasteiger charge is -1.96. The molecule has 0 saturated carbocycles. The van der Waals surface area contributed by atoms with Gasteiger partial charge in [0.15, 0.2) is 0 Å². The fourth-order valence-electron chi connectivity index (χ4n) is 0.806. The molecule has 0 fully saturated rings. The largest absolute Gasteiger partial charge is 0.121 e. The molecule has 0 saturated heterocycles. The van der Waals surface area contributed by atoms with E-state index >= 15 is 0 Å². The third-order valence-electron chi connectivity index (χ3n) is 1.29. The van der Waals surface area contributed by atoms with Crippen molar-refractivity contribution >= 4 is 31.2 Å². The quantitative estimate of drug-likeness (QED) is 0.568. The Morgan fingerprint density at radius 1 is 1.30 bits per heavy atom. The molecule has 0 radical (unpaired) electrons. The molecular formula is C8H10IP. The van der Waals surface area contributed by atoms with E-state index in [4.69, 9.17) is 0 Å². The van der Waals surface area contributed by atoms with Crippen LogP contribution in [0.1, 0.15) is 5.56 Å². The summed E-state index contributed by atoms with van der Waals surface area (Å²) >= 11 is 2.33. The maximum atomic E-state index is 2.33. The highest BCUT2D eigenvalue weighted by molar-refractivity contribution is 14.1. The predicted molar refractivity (Wildman–Crippen MR) is 57.1 cm³/mol. The minimum atomic E-state index is 1.03. The van der Waals surface area contributed by atoms with Gasteiger partial charge in [-0.05, 0) is 53.1 Å². The minimum absolute atomic E-state index is 1.03. The van der Waals surface area contributed by atoms with Crippen LogP contribution in [0.5, 0.6) is 0 Å². The topological polar surface area (TPSA) is 0 Å². The molecule has 1 unspecified atom stereocenters. The molecular weight excluding hydrogens is 254 g/mol. The molecule has 0 amide bonds. The fraction of sp³-hybridized carbons (Fsp3) is 0.250. The molecule has 10 heavy (non-hydrogen) atoms. The molecule has 0 nitrogen and oxygen atoms in total. The Bertz CT molecular complexity index is 193. The zero-order valence-corrected chi connectivity index (χ0v) is 9.05. The molecule has 0 bridgehead atoms. The summed E-state index contributed by atoms with van der Waals surface area (Å²) < 4.78 is 1.32. The Balaban J connectivity index is 2.69. The summed E-state index contributed by atoms with van der Waals surface area (Å²) in [7, 11) is 1.03. The van der Waals surface area contributed by atoms with Crippen molar-refractivity contribution in [2.45, 2.75) is 6.16 Å². The normalized spacial score (nSPS) is 11.0. The van der Waals surface area contributed by atoms with Gasteiger partial charge < -0.3 is 0 Å². The van der Waals surface area contributed by atoms with E-state index in [9.17, 15) is 0 Å². The second kappa shape index (κ2) is 4.30. The van der Waals surface area contributed by atoms with Crippen LogP contribution in [0, 0.1) is 3.57 Å². The van der Waals surface area contributed by atoms with Crippen LogP contribution in [-0.2, 0) is 6.16 Å². The number of rotatable bonds is 2. The lowest BCUT2D eigenvalue weighted by molar-refractivity contribution is 1.40. The third kappa shape index (κ3) is 2.55. The van der Waals surface area contributed by atoms with E-state index in [0.29, 0.717) is 0 Å². The van der Waals surface area contributed by atoms with Gasteiger partial charge in [0.1, 0.15) is 0 Å². The lowest BCUT2D eigenvalue weighted by atomic mass is 10.2. The van der Waals surface area contributed by atoms with Crippen LogP contribution >= 0.6 is 31.2 Å². The molecule has 0 aliphatic rings. The van der Waals surface area contributed by atoms with Crippen molar-refractivity contribution in [3.05, 3.63) is 33.4 Å². The van der Waals surface area contributed by atoms with Crippen molar-refractivity contribution in [3.8, 4) is 0 Å². The van der Waals surface area contributed by atoms with Gasteiger partial charge >= 0.3 is 0 Å². The van der Waals surface area contributed by atoms with E-state index in [0.717, 1.165) is 8.58 Å². The molecule has 0 aliphatic carbocycles. The van der Waals surface area contributed by atoms with Gasteiger partial charge in [0, 0.05) is 3.57 Å². The first-order valence-electron chi connectivity index (χ1n) is 3.22. The number of halogens is 1. The first-order chi connectivity index (χ1) is 4.83. The Hall–Kier alpha value is 0.380. The van der Waals surface area contributed by atoms with Crippen molar-refractivity contribution in [3.63, 3.8) is 0 Å². The highest BCUT2D eigenvalue weighted by atomic mass is 127. The van der Waals surface area contributed by atoms with Gasteiger partial charge in [-0.2, -0.15) is 0 Å². The van der Waals surface area contributed by atoms with Gasteiger partial charge in [-0.1, -0.05) is 12.1 Å². The molecule has 1 aromatic carbocycles. The minimum Gasteiger partial charge on any atom is -0.121 e. The van der Waals surface area contributed by atoms with Gasteiger partial charge in [0.05, 0.1) is 0 Å². The van der Waals surface area contributed by atoms with Gasteiger partial charge in [-0.25, -0.2) is 0 Å². The van der Waals surface area contributed by atoms with Crippen molar-refractivity contribution in [2.24, 2.45) is 0 Å². The molecule has 0 aromatic heterocycles. The molecule has 54 valence electrons. The number of hydrogen-bond acceptors (Lipinski definition) is 0. The van der Waals surface area contributed by atoms with E-state index in [1.807, 2.05) is 0 Å². The Labute approximate surface area is 77.3 Å². The molecule has 2 heteroatoms. The van der Waals surface area contributed by atoms with E-state index in [2.05, 4.69) is 53.5 Å². The SMILES string of the molecule is CPCc1ccc(I)cc1. The maximum absolute atomic E-state index is 2.33. The average molecular weight is 264 g/mol. The van der Waals surface area contributed by atoms with Crippen LogP contribution in [0.4, 0.5) is 0 Å². The molecule has 0 N–H and O–H groups in total. The Kier molecular flexibility index (Phi) is 3.64. The smallest absolute Gasteiger partial charge is 0.0130 e. The number of benzene rings is 1. The van der Waals surface area contributed by atoms with Gasteiger partial charge in [0.25, 0.3) is 0 Å². The first-order valence-corrected chi connectivity index (χ1v) is 6.00. The van der Waals surface area contributed by atoms with E-state index < -0.39 is 0 Å². The van der Waals surface area contributed by atoms with Crippen LogP contribution in [0.3, 0.4) is 0 Å². The maximum Gasteiger partial charge on any atom is 0.0130 e. The second-order valence-corrected chi connectivity index (χ2v) is 4.46. The van der Waals surface area contributed by atoms with Gasteiger partial charge in [0.2, 0.25) is 0 Å². The summed E-state index contributed by atoms with van der Waals surface area (Å²) in [4.78, 5) is 0. The van der Waals surface area contributed by atoms with E-state index in [1.54, 1.807) is 0 Å². The van der Waals surface area contributed by atoms with Crippen LogP contribution in [0.2, 0.25) is 0 Å². The molecule has 0 aliphatic heterocycles. The first kappa shape index (κ1) is 8.48. The highest BCUT2D eigenvalue weighted by Crippen LogP contribution is 2.15. The Morgan fingerprint density at radius 2 is 1.90 bits per heavy atom. The van der Waals surface area contributed by atoms with Crippen LogP contribution in [0.15, 0.2) is 24.3 Å². The summed E-state index contributed by atoms with van der Waals surface area (Å²) in [6.07, 6.45) is 1.23. The third-order valence-corrected chi connectivity index (χ3v) is 2.78. The van der Waals surface area contributed by atoms with Crippen LogP contribution < -0.4 is 0 Å².